The first-order valence-corrected chi connectivity index (χ1v) is 8.66. The van der Waals surface area contributed by atoms with Crippen molar-refractivity contribution in [1.82, 2.24) is 0 Å². The minimum Gasteiger partial charge on any atom is -0.480 e. The van der Waals surface area contributed by atoms with Crippen LogP contribution in [0, 0.1) is 0 Å². The minimum atomic E-state index is -1.02. The molecule has 0 unspecified atom stereocenters. The van der Waals surface area contributed by atoms with Crippen molar-refractivity contribution in [3.05, 3.63) is 83.4 Å². The van der Waals surface area contributed by atoms with Crippen LogP contribution in [0.2, 0.25) is 5.02 Å². The van der Waals surface area contributed by atoms with Crippen molar-refractivity contribution in [2.24, 2.45) is 5.73 Å². The minimum absolute atomic E-state index is 0.270. The van der Waals surface area contributed by atoms with E-state index in [1.165, 1.54) is 0 Å². The molecule has 0 aliphatic rings. The predicted molar refractivity (Wildman–Crippen MR) is 104 cm³/mol. The van der Waals surface area contributed by atoms with E-state index in [1.807, 2.05) is 12.1 Å². The maximum absolute atomic E-state index is 10.8. The monoisotopic (exact) mass is 383 g/mol. The van der Waals surface area contributed by atoms with Gasteiger partial charge in [-0.25, -0.2) is 0 Å². The summed E-state index contributed by atoms with van der Waals surface area (Å²) in [5.41, 5.74) is 6.37. The van der Waals surface area contributed by atoms with E-state index in [0.29, 0.717) is 28.0 Å². The fourth-order valence-corrected chi connectivity index (χ4v) is 2.51. The Morgan fingerprint density at radius 3 is 1.59 bits per heavy atom. The summed E-state index contributed by atoms with van der Waals surface area (Å²) in [5.74, 6) is 1.67. The second-order valence-corrected chi connectivity index (χ2v) is 6.36. The Balaban J connectivity index is 1.59. The number of carbonyl (C=O) groups is 1. The quantitative estimate of drug-likeness (QED) is 0.607. The molecule has 0 radical (unpaired) electrons. The van der Waals surface area contributed by atoms with E-state index in [9.17, 15) is 4.79 Å². The van der Waals surface area contributed by atoms with Crippen LogP contribution in [0.3, 0.4) is 0 Å². The molecule has 0 spiro atoms. The lowest BCUT2D eigenvalue weighted by Crippen LogP contribution is -2.32. The van der Waals surface area contributed by atoms with Gasteiger partial charge in [0.1, 0.15) is 29.0 Å². The highest BCUT2D eigenvalue weighted by Crippen LogP contribution is 2.27. The summed E-state index contributed by atoms with van der Waals surface area (Å²) < 4.78 is 11.5. The summed E-state index contributed by atoms with van der Waals surface area (Å²) in [6.07, 6.45) is 0.270. The lowest BCUT2D eigenvalue weighted by Gasteiger charge is -2.10. The van der Waals surface area contributed by atoms with Gasteiger partial charge in [0.05, 0.1) is 0 Å². The molecule has 0 fully saturated rings. The van der Waals surface area contributed by atoms with Gasteiger partial charge < -0.3 is 20.3 Å². The number of hydrogen-bond acceptors (Lipinski definition) is 4. The Morgan fingerprint density at radius 1 is 0.815 bits per heavy atom. The van der Waals surface area contributed by atoms with Gasteiger partial charge in [-0.05, 0) is 72.6 Å². The summed E-state index contributed by atoms with van der Waals surface area (Å²) in [7, 11) is 0. The average molecular weight is 384 g/mol. The average Bonchev–Trinajstić information content (AvgIpc) is 2.66. The molecule has 0 saturated carbocycles. The molecule has 3 aromatic carbocycles. The molecule has 27 heavy (non-hydrogen) atoms. The van der Waals surface area contributed by atoms with Crippen LogP contribution in [-0.4, -0.2) is 17.1 Å². The number of benzene rings is 3. The molecule has 3 rings (SSSR count). The van der Waals surface area contributed by atoms with Crippen LogP contribution in [0.25, 0.3) is 0 Å². The molecule has 0 amide bonds. The van der Waals surface area contributed by atoms with Crippen LogP contribution in [-0.2, 0) is 11.2 Å². The Labute approximate surface area is 161 Å². The van der Waals surface area contributed by atoms with Crippen LogP contribution in [0.5, 0.6) is 23.0 Å². The Kier molecular flexibility index (Phi) is 5.96. The molecule has 138 valence electrons. The lowest BCUT2D eigenvalue weighted by atomic mass is 10.1. The first kappa shape index (κ1) is 18.8. The molecule has 0 bridgehead atoms. The van der Waals surface area contributed by atoms with Gasteiger partial charge in [-0.1, -0.05) is 23.7 Å². The Hall–Kier alpha value is -3.02. The molecule has 0 heterocycles. The predicted octanol–water partition coefficient (Wildman–Crippen LogP) is 4.88. The standard InChI is InChI=1S/C21H18ClNO4/c22-15-3-7-17(8-4-15)27-19-11-9-18(10-12-19)26-16-5-1-14(2-6-16)13-20(23)21(24)25/h1-12,20H,13,23H2,(H,24,25)/t20-/m0/s1. The lowest BCUT2D eigenvalue weighted by molar-refractivity contribution is -0.138. The van der Waals surface area contributed by atoms with Crippen LogP contribution < -0.4 is 15.2 Å². The molecule has 3 N–H and O–H groups in total. The van der Waals surface area contributed by atoms with Crippen molar-refractivity contribution in [3.8, 4) is 23.0 Å². The molecular formula is C21H18ClNO4. The summed E-state index contributed by atoms with van der Waals surface area (Å²) in [4.78, 5) is 10.8. The number of halogens is 1. The molecule has 0 aromatic heterocycles. The fourth-order valence-electron chi connectivity index (χ4n) is 2.39. The molecule has 5 nitrogen and oxygen atoms in total. The van der Waals surface area contributed by atoms with Crippen molar-refractivity contribution in [3.63, 3.8) is 0 Å². The second-order valence-electron chi connectivity index (χ2n) is 5.92. The van der Waals surface area contributed by atoms with Gasteiger partial charge >= 0.3 is 5.97 Å². The molecule has 3 aromatic rings. The van der Waals surface area contributed by atoms with Crippen LogP contribution in [0.4, 0.5) is 0 Å². The highest BCUT2D eigenvalue weighted by Gasteiger charge is 2.12. The molecule has 0 saturated heterocycles. The van der Waals surface area contributed by atoms with E-state index < -0.39 is 12.0 Å². The van der Waals surface area contributed by atoms with E-state index in [-0.39, 0.29) is 6.42 Å². The van der Waals surface area contributed by atoms with Crippen LogP contribution >= 0.6 is 11.6 Å². The Morgan fingerprint density at radius 2 is 1.19 bits per heavy atom. The molecule has 0 aliphatic heterocycles. The normalized spacial score (nSPS) is 11.6. The third kappa shape index (κ3) is 5.48. The number of hydrogen-bond donors (Lipinski definition) is 2. The smallest absolute Gasteiger partial charge is 0.320 e. The number of carboxylic acid groups (broad SMARTS) is 1. The summed E-state index contributed by atoms with van der Waals surface area (Å²) in [6, 6.07) is 20.6. The largest absolute Gasteiger partial charge is 0.480 e. The van der Waals surface area contributed by atoms with Gasteiger partial charge in [0.25, 0.3) is 0 Å². The highest BCUT2D eigenvalue weighted by atomic mass is 35.5. The zero-order valence-corrected chi connectivity index (χ0v) is 15.1. The third-order valence-electron chi connectivity index (χ3n) is 3.80. The zero-order valence-electron chi connectivity index (χ0n) is 14.3. The Bertz CT molecular complexity index is 893. The van der Waals surface area contributed by atoms with E-state index >= 15 is 0 Å². The first-order valence-electron chi connectivity index (χ1n) is 8.28. The summed E-state index contributed by atoms with van der Waals surface area (Å²) >= 11 is 5.86. The van der Waals surface area contributed by atoms with Gasteiger partial charge in [0, 0.05) is 5.02 Å². The molecule has 0 aliphatic carbocycles. The topological polar surface area (TPSA) is 81.8 Å². The van der Waals surface area contributed by atoms with E-state index in [2.05, 4.69) is 0 Å². The van der Waals surface area contributed by atoms with Crippen molar-refractivity contribution >= 4 is 17.6 Å². The van der Waals surface area contributed by atoms with Crippen molar-refractivity contribution in [2.75, 3.05) is 0 Å². The molecular weight excluding hydrogens is 366 g/mol. The number of nitrogens with two attached hydrogens (primary N) is 1. The van der Waals surface area contributed by atoms with E-state index in [1.54, 1.807) is 60.7 Å². The van der Waals surface area contributed by atoms with Crippen molar-refractivity contribution < 1.29 is 19.4 Å². The van der Waals surface area contributed by atoms with Gasteiger partial charge in [-0.2, -0.15) is 0 Å². The van der Waals surface area contributed by atoms with E-state index in [0.717, 1.165) is 5.56 Å². The van der Waals surface area contributed by atoms with Gasteiger partial charge in [0.2, 0.25) is 0 Å². The zero-order chi connectivity index (χ0) is 19.2. The van der Waals surface area contributed by atoms with Gasteiger partial charge in [0.15, 0.2) is 0 Å². The third-order valence-corrected chi connectivity index (χ3v) is 4.06. The van der Waals surface area contributed by atoms with Crippen molar-refractivity contribution in [1.29, 1.82) is 0 Å². The van der Waals surface area contributed by atoms with Gasteiger partial charge in [-0.3, -0.25) is 4.79 Å². The SMILES string of the molecule is N[C@@H](Cc1ccc(Oc2ccc(Oc3ccc(Cl)cc3)cc2)cc1)C(=O)O. The van der Waals surface area contributed by atoms with E-state index in [4.69, 9.17) is 31.9 Å². The number of aliphatic carboxylic acids is 1. The van der Waals surface area contributed by atoms with Gasteiger partial charge in [-0.15, -0.1) is 0 Å². The number of carboxylic acids is 1. The van der Waals surface area contributed by atoms with Crippen molar-refractivity contribution in [2.45, 2.75) is 12.5 Å². The number of ether oxygens (including phenoxy) is 2. The molecule has 1 atom stereocenters. The summed E-state index contributed by atoms with van der Waals surface area (Å²) in [5, 5.41) is 9.51. The molecule has 6 heteroatoms. The fraction of sp³-hybridized carbons (Fsp3) is 0.0952. The summed E-state index contributed by atoms with van der Waals surface area (Å²) in [6.45, 7) is 0. The first-order chi connectivity index (χ1) is 13.0. The van der Waals surface area contributed by atoms with Crippen LogP contribution in [0.15, 0.2) is 72.8 Å². The van der Waals surface area contributed by atoms with Crippen LogP contribution in [0.1, 0.15) is 5.56 Å². The maximum atomic E-state index is 10.8. The number of rotatable bonds is 7. The maximum Gasteiger partial charge on any atom is 0.320 e. The second kappa shape index (κ2) is 8.58. The highest BCUT2D eigenvalue weighted by molar-refractivity contribution is 6.30.